The molecule has 0 saturated carbocycles. The average Bonchev–Trinajstić information content (AvgIpc) is 2.73. The number of nitrogens with zero attached hydrogens (tertiary/aromatic N) is 2. The molecule has 2 aromatic rings. The van der Waals surface area contributed by atoms with Crippen LogP contribution < -0.4 is 5.32 Å². The Balaban J connectivity index is 2.05. The molecule has 2 rings (SSSR count). The molecule has 0 aliphatic carbocycles. The number of carboxylic acid groups (broad SMARTS) is 1. The van der Waals surface area contributed by atoms with E-state index in [1.54, 1.807) is 6.20 Å². The number of amides is 1. The van der Waals surface area contributed by atoms with Gasteiger partial charge in [-0.05, 0) is 27.1 Å². The smallest absolute Gasteiger partial charge is 0.404 e. The van der Waals surface area contributed by atoms with Crippen LogP contribution in [0, 0.1) is 0 Å². The first-order valence-corrected chi connectivity index (χ1v) is 6.15. The fourth-order valence-corrected chi connectivity index (χ4v) is 1.96. The highest BCUT2D eigenvalue weighted by Crippen LogP contribution is 2.10. The molecular weight excluding hydrogens is 298 g/mol. The van der Waals surface area contributed by atoms with E-state index >= 15 is 0 Å². The predicted molar refractivity (Wildman–Crippen MR) is 70.3 cm³/mol. The third kappa shape index (κ3) is 3.59. The molecule has 18 heavy (non-hydrogen) atoms. The quantitative estimate of drug-likeness (QED) is 0.911. The second-order valence-corrected chi connectivity index (χ2v) is 4.75. The monoisotopic (exact) mass is 309 g/mol. The maximum atomic E-state index is 10.4. The second-order valence-electron chi connectivity index (χ2n) is 3.83. The largest absolute Gasteiger partial charge is 0.465 e. The van der Waals surface area contributed by atoms with Gasteiger partial charge in [-0.2, -0.15) is 5.10 Å². The van der Waals surface area contributed by atoms with E-state index in [0.29, 0.717) is 13.1 Å². The fraction of sp³-hybridized carbons (Fsp3) is 0.167. The van der Waals surface area contributed by atoms with Gasteiger partial charge in [0.2, 0.25) is 0 Å². The van der Waals surface area contributed by atoms with Crippen LogP contribution >= 0.6 is 15.9 Å². The molecule has 0 aliphatic rings. The van der Waals surface area contributed by atoms with Crippen molar-refractivity contribution < 1.29 is 9.90 Å². The molecule has 94 valence electrons. The van der Waals surface area contributed by atoms with E-state index < -0.39 is 6.09 Å². The minimum Gasteiger partial charge on any atom is -0.465 e. The van der Waals surface area contributed by atoms with E-state index in [2.05, 4.69) is 26.3 Å². The van der Waals surface area contributed by atoms with Crippen molar-refractivity contribution in [2.75, 3.05) is 0 Å². The van der Waals surface area contributed by atoms with Crippen molar-refractivity contribution in [1.29, 1.82) is 0 Å². The molecule has 2 N–H and O–H groups in total. The zero-order valence-corrected chi connectivity index (χ0v) is 11.1. The zero-order valence-electron chi connectivity index (χ0n) is 9.51. The number of hydrogen-bond acceptors (Lipinski definition) is 2. The highest BCUT2D eigenvalue weighted by Gasteiger charge is 2.00. The van der Waals surface area contributed by atoms with E-state index in [-0.39, 0.29) is 0 Å². The van der Waals surface area contributed by atoms with Crippen molar-refractivity contribution in [1.82, 2.24) is 15.1 Å². The van der Waals surface area contributed by atoms with Crippen molar-refractivity contribution in [3.05, 3.63) is 52.3 Å². The lowest BCUT2D eigenvalue weighted by atomic mass is 10.1. The molecule has 0 atom stereocenters. The molecule has 0 radical (unpaired) electrons. The molecule has 1 heterocycles. The summed E-state index contributed by atoms with van der Waals surface area (Å²) >= 11 is 3.34. The van der Waals surface area contributed by atoms with E-state index in [1.807, 2.05) is 35.1 Å². The van der Waals surface area contributed by atoms with Crippen LogP contribution in [0.3, 0.4) is 0 Å². The van der Waals surface area contributed by atoms with Crippen LogP contribution in [0.2, 0.25) is 0 Å². The first-order chi connectivity index (χ1) is 8.63. The summed E-state index contributed by atoms with van der Waals surface area (Å²) in [5.74, 6) is 0. The van der Waals surface area contributed by atoms with Gasteiger partial charge in [0, 0.05) is 12.7 Å². The van der Waals surface area contributed by atoms with Gasteiger partial charge >= 0.3 is 6.09 Å². The summed E-state index contributed by atoms with van der Waals surface area (Å²) in [6.45, 7) is 0.971. The second kappa shape index (κ2) is 5.68. The Morgan fingerprint density at radius 3 is 2.89 bits per heavy atom. The predicted octanol–water partition coefficient (Wildman–Crippen LogP) is 2.46. The molecule has 1 aromatic heterocycles. The zero-order chi connectivity index (χ0) is 13.0. The SMILES string of the molecule is O=C(O)NCc1cccc(Cn2cc(Br)cn2)c1. The Morgan fingerprint density at radius 1 is 1.44 bits per heavy atom. The molecule has 0 saturated heterocycles. The van der Waals surface area contributed by atoms with Gasteiger partial charge in [-0.25, -0.2) is 4.79 Å². The molecule has 1 aromatic carbocycles. The lowest BCUT2D eigenvalue weighted by Gasteiger charge is -2.05. The number of nitrogens with one attached hydrogen (secondary N) is 1. The molecule has 0 spiro atoms. The van der Waals surface area contributed by atoms with Gasteiger partial charge in [0.25, 0.3) is 0 Å². The molecule has 6 heteroatoms. The van der Waals surface area contributed by atoms with Crippen molar-refractivity contribution in [3.63, 3.8) is 0 Å². The summed E-state index contributed by atoms with van der Waals surface area (Å²) in [5.41, 5.74) is 2.01. The number of halogens is 1. The van der Waals surface area contributed by atoms with Gasteiger partial charge in [-0.15, -0.1) is 0 Å². The Labute approximate surface area is 113 Å². The summed E-state index contributed by atoms with van der Waals surface area (Å²) in [4.78, 5) is 10.4. The first kappa shape index (κ1) is 12.6. The number of aromatic nitrogens is 2. The Bertz CT molecular complexity index is 554. The normalized spacial score (nSPS) is 10.3. The van der Waals surface area contributed by atoms with Gasteiger partial charge in [0.1, 0.15) is 0 Å². The van der Waals surface area contributed by atoms with Gasteiger partial charge in [0.05, 0.1) is 17.2 Å². The highest BCUT2D eigenvalue weighted by atomic mass is 79.9. The molecule has 0 unspecified atom stereocenters. The summed E-state index contributed by atoms with van der Waals surface area (Å²) in [6, 6.07) is 7.75. The van der Waals surface area contributed by atoms with Crippen LogP contribution in [0.1, 0.15) is 11.1 Å². The Hall–Kier alpha value is -1.82. The molecular formula is C12H12BrN3O2. The third-order valence-electron chi connectivity index (χ3n) is 2.38. The maximum Gasteiger partial charge on any atom is 0.404 e. The van der Waals surface area contributed by atoms with Crippen LogP contribution in [-0.4, -0.2) is 21.0 Å². The van der Waals surface area contributed by atoms with E-state index in [1.165, 1.54) is 0 Å². The first-order valence-electron chi connectivity index (χ1n) is 5.36. The molecule has 0 fully saturated rings. The van der Waals surface area contributed by atoms with Crippen LogP contribution in [0.5, 0.6) is 0 Å². The van der Waals surface area contributed by atoms with E-state index in [4.69, 9.17) is 5.11 Å². The molecule has 0 aliphatic heterocycles. The molecule has 5 nitrogen and oxygen atoms in total. The fourth-order valence-electron chi connectivity index (χ4n) is 1.63. The average molecular weight is 310 g/mol. The van der Waals surface area contributed by atoms with Crippen molar-refractivity contribution >= 4 is 22.0 Å². The van der Waals surface area contributed by atoms with Crippen LogP contribution in [0.25, 0.3) is 0 Å². The van der Waals surface area contributed by atoms with E-state index in [9.17, 15) is 4.79 Å². The van der Waals surface area contributed by atoms with Crippen molar-refractivity contribution in [2.24, 2.45) is 0 Å². The minimum atomic E-state index is -1.02. The number of benzene rings is 1. The minimum absolute atomic E-state index is 0.311. The van der Waals surface area contributed by atoms with Crippen LogP contribution in [-0.2, 0) is 13.1 Å². The summed E-state index contributed by atoms with van der Waals surface area (Å²) < 4.78 is 2.75. The Kier molecular flexibility index (Phi) is 3.99. The van der Waals surface area contributed by atoms with Gasteiger partial charge in [-0.3, -0.25) is 4.68 Å². The van der Waals surface area contributed by atoms with Crippen LogP contribution in [0.4, 0.5) is 4.79 Å². The van der Waals surface area contributed by atoms with Crippen LogP contribution in [0.15, 0.2) is 41.1 Å². The van der Waals surface area contributed by atoms with Gasteiger partial charge in [-0.1, -0.05) is 24.3 Å². The van der Waals surface area contributed by atoms with Crippen molar-refractivity contribution in [2.45, 2.75) is 13.1 Å². The molecule has 0 bridgehead atoms. The Morgan fingerprint density at radius 2 is 2.22 bits per heavy atom. The summed E-state index contributed by atoms with van der Waals surface area (Å²) in [5, 5.41) is 15.1. The molecule has 1 amide bonds. The lowest BCUT2D eigenvalue weighted by molar-refractivity contribution is 0.194. The van der Waals surface area contributed by atoms with Crippen molar-refractivity contribution in [3.8, 4) is 0 Å². The maximum absolute atomic E-state index is 10.4. The topological polar surface area (TPSA) is 67.2 Å². The third-order valence-corrected chi connectivity index (χ3v) is 2.79. The van der Waals surface area contributed by atoms with E-state index in [0.717, 1.165) is 15.6 Å². The number of carbonyl (C=O) groups is 1. The summed E-state index contributed by atoms with van der Waals surface area (Å²) in [6.07, 6.45) is 2.61. The number of rotatable bonds is 4. The lowest BCUT2D eigenvalue weighted by Crippen LogP contribution is -2.19. The standard InChI is InChI=1S/C12H12BrN3O2/c13-11-6-15-16(8-11)7-10-3-1-2-9(4-10)5-14-12(17)18/h1-4,6,8,14H,5,7H2,(H,17,18). The van der Waals surface area contributed by atoms with Gasteiger partial charge < -0.3 is 10.4 Å². The summed E-state index contributed by atoms with van der Waals surface area (Å²) in [7, 11) is 0. The van der Waals surface area contributed by atoms with Gasteiger partial charge in [0.15, 0.2) is 0 Å². The highest BCUT2D eigenvalue weighted by molar-refractivity contribution is 9.10. The number of hydrogen-bond donors (Lipinski definition) is 2.